The molecule has 3 fully saturated rings. The van der Waals surface area contributed by atoms with Gasteiger partial charge >= 0.3 is 0 Å². The van der Waals surface area contributed by atoms with Crippen LogP contribution in [0.1, 0.15) is 106 Å². The Morgan fingerprint density at radius 1 is 0.769 bits per heavy atom. The minimum absolute atomic E-state index is 0.279. The highest BCUT2D eigenvalue weighted by Gasteiger charge is 2.49. The Bertz CT molecular complexity index is 373. The molecule has 2 N–H and O–H groups in total. The van der Waals surface area contributed by atoms with Crippen LogP contribution in [-0.4, -0.2) is 32.8 Å². The van der Waals surface area contributed by atoms with Gasteiger partial charge in [0, 0.05) is 0 Å². The lowest BCUT2D eigenvalue weighted by Gasteiger charge is -2.37. The van der Waals surface area contributed by atoms with E-state index in [0.717, 1.165) is 38.5 Å². The Hall–Kier alpha value is -0.220. The van der Waals surface area contributed by atoms with Crippen LogP contribution in [0.15, 0.2) is 0 Å². The first-order valence-electron chi connectivity index (χ1n) is 10.7. The van der Waals surface area contributed by atoms with E-state index < -0.39 is 16.9 Å². The average Bonchev–Trinajstić information content (AvgIpc) is 3.27. The zero-order valence-electron chi connectivity index (χ0n) is 17.9. The molecule has 0 aromatic heterocycles. The molecule has 0 unspecified atom stereocenters. The Morgan fingerprint density at radius 2 is 1.12 bits per heavy atom. The van der Waals surface area contributed by atoms with Crippen molar-refractivity contribution in [1.82, 2.24) is 0 Å². The van der Waals surface area contributed by atoms with Gasteiger partial charge in [-0.2, -0.15) is 0 Å². The number of halogens is 2. The van der Waals surface area contributed by atoms with E-state index in [1.165, 1.54) is 0 Å². The van der Waals surface area contributed by atoms with Crippen molar-refractivity contribution in [3.05, 3.63) is 0 Å². The molecule has 0 atom stereocenters. The van der Waals surface area contributed by atoms with E-state index in [-0.39, 0.29) is 11.5 Å². The summed E-state index contributed by atoms with van der Waals surface area (Å²) in [5.74, 6) is 0.669. The molecule has 0 bridgehead atoms. The van der Waals surface area contributed by atoms with E-state index >= 15 is 0 Å². The molecule has 3 rings (SSSR count). The number of hydrogen-bond donors (Lipinski definition) is 2. The summed E-state index contributed by atoms with van der Waals surface area (Å²) in [6, 6.07) is 0. The third kappa shape index (κ3) is 7.42. The van der Waals surface area contributed by atoms with Gasteiger partial charge in [-0.3, -0.25) is 0 Å². The molecule has 2 nitrogen and oxygen atoms in total. The topological polar surface area (TPSA) is 40.5 Å². The molecular weight excluding hydrogens is 334 g/mol. The zero-order valence-corrected chi connectivity index (χ0v) is 17.9. The van der Waals surface area contributed by atoms with E-state index in [2.05, 4.69) is 0 Å². The molecule has 0 heterocycles. The van der Waals surface area contributed by atoms with Gasteiger partial charge in [-0.1, -0.05) is 13.8 Å². The molecule has 26 heavy (non-hydrogen) atoms. The fraction of sp³-hybridized carbons (Fsp3) is 1.00. The quantitative estimate of drug-likeness (QED) is 0.608. The van der Waals surface area contributed by atoms with Crippen molar-refractivity contribution >= 4 is 0 Å². The molecule has 156 valence electrons. The van der Waals surface area contributed by atoms with Crippen molar-refractivity contribution in [3.8, 4) is 0 Å². The van der Waals surface area contributed by atoms with Crippen LogP contribution in [0.2, 0.25) is 0 Å². The van der Waals surface area contributed by atoms with E-state index in [9.17, 15) is 19.0 Å². The van der Waals surface area contributed by atoms with Gasteiger partial charge in [0.25, 0.3) is 0 Å². The Labute approximate surface area is 159 Å². The monoisotopic (exact) mass is 376 g/mol. The van der Waals surface area contributed by atoms with Crippen molar-refractivity contribution in [1.29, 1.82) is 0 Å². The lowest BCUT2D eigenvalue weighted by atomic mass is 9.74. The number of rotatable bonds is 2. The highest BCUT2D eigenvalue weighted by Crippen LogP contribution is 2.50. The lowest BCUT2D eigenvalue weighted by molar-refractivity contribution is -0.0241. The molecule has 0 aromatic carbocycles. The molecule has 0 aliphatic heterocycles. The highest BCUT2D eigenvalue weighted by molar-refractivity contribution is 5.01. The van der Waals surface area contributed by atoms with Crippen molar-refractivity contribution in [3.63, 3.8) is 0 Å². The van der Waals surface area contributed by atoms with E-state index in [0.29, 0.717) is 31.6 Å². The summed E-state index contributed by atoms with van der Waals surface area (Å²) in [5, 5.41) is 19.5. The second-order valence-corrected chi connectivity index (χ2v) is 9.63. The summed E-state index contributed by atoms with van der Waals surface area (Å²) in [6.07, 6.45) is 7.75. The third-order valence-electron chi connectivity index (χ3n) is 6.58. The highest BCUT2D eigenvalue weighted by atomic mass is 19.1. The summed E-state index contributed by atoms with van der Waals surface area (Å²) < 4.78 is 26.7. The summed E-state index contributed by atoms with van der Waals surface area (Å²) >= 11 is 0. The van der Waals surface area contributed by atoms with E-state index in [1.807, 2.05) is 27.7 Å². The molecule has 3 saturated carbocycles. The smallest absolute Gasteiger partial charge is 0.108 e. The number of alkyl halides is 2. The Balaban J connectivity index is 0.000000238. The summed E-state index contributed by atoms with van der Waals surface area (Å²) in [4.78, 5) is 0. The van der Waals surface area contributed by atoms with Gasteiger partial charge in [0.1, 0.15) is 11.3 Å². The predicted octanol–water partition coefficient (Wildman–Crippen LogP) is 6.13. The normalized spacial score (nSPS) is 39.0. The molecular formula is C22H42F2O2. The largest absolute Gasteiger partial charge is 0.390 e. The average molecular weight is 377 g/mol. The second kappa shape index (κ2) is 8.86. The van der Waals surface area contributed by atoms with Crippen LogP contribution in [0.4, 0.5) is 8.78 Å². The van der Waals surface area contributed by atoms with Crippen LogP contribution in [0.3, 0.4) is 0 Å². The van der Waals surface area contributed by atoms with E-state index in [4.69, 9.17) is 0 Å². The van der Waals surface area contributed by atoms with Crippen molar-refractivity contribution in [2.45, 2.75) is 128 Å². The number of hydrogen-bond acceptors (Lipinski definition) is 2. The molecule has 0 spiro atoms. The molecule has 0 amide bonds. The Morgan fingerprint density at radius 3 is 1.42 bits per heavy atom. The fourth-order valence-electron chi connectivity index (χ4n) is 4.22. The maximum atomic E-state index is 13.4. The van der Waals surface area contributed by atoms with E-state index in [1.54, 1.807) is 13.8 Å². The van der Waals surface area contributed by atoms with Crippen LogP contribution in [0, 0.1) is 11.8 Å². The van der Waals surface area contributed by atoms with Gasteiger partial charge in [-0.25, -0.2) is 8.78 Å². The summed E-state index contributed by atoms with van der Waals surface area (Å²) in [6.45, 7) is 11.0. The lowest BCUT2D eigenvalue weighted by Crippen LogP contribution is -2.37. The minimum atomic E-state index is -0.984. The maximum absolute atomic E-state index is 13.4. The summed E-state index contributed by atoms with van der Waals surface area (Å²) in [5.41, 5.74) is -2.95. The second-order valence-electron chi connectivity index (χ2n) is 9.63. The summed E-state index contributed by atoms with van der Waals surface area (Å²) in [7, 11) is 0. The fourth-order valence-corrected chi connectivity index (χ4v) is 4.22. The first-order chi connectivity index (χ1) is 11.8. The predicted molar refractivity (Wildman–Crippen MR) is 105 cm³/mol. The number of aliphatic hydroxyl groups is 2. The van der Waals surface area contributed by atoms with Crippen LogP contribution in [0.5, 0.6) is 0 Å². The molecule has 0 radical (unpaired) electrons. The van der Waals surface area contributed by atoms with Crippen LogP contribution >= 0.6 is 0 Å². The van der Waals surface area contributed by atoms with Gasteiger partial charge in [-0.15, -0.1) is 0 Å². The zero-order chi connectivity index (χ0) is 20.2. The van der Waals surface area contributed by atoms with Gasteiger partial charge in [0.05, 0.1) is 11.2 Å². The van der Waals surface area contributed by atoms with Gasteiger partial charge < -0.3 is 10.2 Å². The van der Waals surface area contributed by atoms with Gasteiger partial charge in [0.15, 0.2) is 0 Å². The van der Waals surface area contributed by atoms with Crippen molar-refractivity contribution in [2.75, 3.05) is 0 Å². The van der Waals surface area contributed by atoms with Gasteiger partial charge in [0.2, 0.25) is 0 Å². The Kier molecular flexibility index (Phi) is 8.11. The molecule has 0 aromatic rings. The SMILES string of the molecule is CC.CC1(F)CCC(C(C)(C)O)CC1.CC1(F)CCC(C2(O)CC2)CC1. The van der Waals surface area contributed by atoms with Crippen LogP contribution in [-0.2, 0) is 0 Å². The molecule has 0 saturated heterocycles. The van der Waals surface area contributed by atoms with Crippen LogP contribution < -0.4 is 0 Å². The standard InChI is InChI=1S/C10H17FO.C10H19FO.C2H6/c1-9(11)4-2-8(3-5-9)10(12)6-7-10;1-9(2,12)8-4-6-10(3,11)7-5-8;1-2/h8,12H,2-7H2,1H3;8,12H,4-7H2,1-3H3;1-2H3. The first-order valence-corrected chi connectivity index (χ1v) is 10.7. The minimum Gasteiger partial charge on any atom is -0.390 e. The molecule has 4 heteroatoms. The van der Waals surface area contributed by atoms with Gasteiger partial charge in [-0.05, 0) is 104 Å². The van der Waals surface area contributed by atoms with Crippen molar-refractivity contribution in [2.24, 2.45) is 11.8 Å². The molecule has 3 aliphatic rings. The van der Waals surface area contributed by atoms with Crippen molar-refractivity contribution < 1.29 is 19.0 Å². The maximum Gasteiger partial charge on any atom is 0.108 e. The first kappa shape index (κ1) is 23.8. The third-order valence-corrected chi connectivity index (χ3v) is 6.58. The van der Waals surface area contributed by atoms with Crippen LogP contribution in [0.25, 0.3) is 0 Å². The molecule has 3 aliphatic carbocycles.